The van der Waals surface area contributed by atoms with Gasteiger partial charge in [-0.05, 0) is 26.6 Å². The molecule has 3 nitrogen and oxygen atoms in total. The highest BCUT2D eigenvalue weighted by Crippen LogP contribution is 2.22. The molecule has 0 aliphatic heterocycles. The molecule has 13 heavy (non-hydrogen) atoms. The molecule has 0 bridgehead atoms. The molecule has 0 saturated carbocycles. The maximum absolute atomic E-state index is 3.99. The van der Waals surface area contributed by atoms with Crippen LogP contribution in [0.25, 0.3) is 0 Å². The van der Waals surface area contributed by atoms with Crippen LogP contribution in [-0.2, 0) is 0 Å². The van der Waals surface area contributed by atoms with E-state index in [9.17, 15) is 0 Å². The quantitative estimate of drug-likeness (QED) is 0.635. The molecule has 0 fully saturated rings. The maximum Gasteiger partial charge on any atom is 0.140 e. The summed E-state index contributed by atoms with van der Waals surface area (Å²) in [6.07, 6.45) is 3.80. The average Bonchev–Trinajstić information content (AvgIpc) is 2.48. The van der Waals surface area contributed by atoms with Gasteiger partial charge < -0.3 is 4.57 Å². The van der Waals surface area contributed by atoms with E-state index in [-0.39, 0.29) is 0 Å². The van der Waals surface area contributed by atoms with E-state index in [2.05, 4.69) is 35.1 Å². The molecule has 0 aromatic carbocycles. The summed E-state index contributed by atoms with van der Waals surface area (Å²) in [5.74, 6) is 0.889. The summed E-state index contributed by atoms with van der Waals surface area (Å²) in [6, 6.07) is 2.40. The number of rotatable bonds is 3. The van der Waals surface area contributed by atoms with Crippen LogP contribution < -0.4 is 0 Å². The van der Waals surface area contributed by atoms with E-state index in [1.807, 2.05) is 12.3 Å². The second-order valence-electron chi connectivity index (χ2n) is 3.14. The van der Waals surface area contributed by atoms with Crippen LogP contribution in [-0.4, -0.2) is 24.5 Å². The fourth-order valence-corrected chi connectivity index (χ4v) is 1.28. The lowest BCUT2D eigenvalue weighted by molar-refractivity contribution is 0.608. The zero-order chi connectivity index (χ0) is 9.84. The van der Waals surface area contributed by atoms with Crippen LogP contribution in [0.3, 0.4) is 0 Å². The van der Waals surface area contributed by atoms with E-state index in [1.54, 1.807) is 13.3 Å². The molecule has 3 heteroatoms. The SMILES string of the molecule is C=Nc1c(C=NC)ccn1C(C)C. The normalized spacial score (nSPS) is 11.4. The van der Waals surface area contributed by atoms with Crippen molar-refractivity contribution in [3.63, 3.8) is 0 Å². The van der Waals surface area contributed by atoms with Crippen molar-refractivity contribution in [3.8, 4) is 0 Å². The van der Waals surface area contributed by atoms with Crippen LogP contribution in [0.15, 0.2) is 22.2 Å². The monoisotopic (exact) mass is 177 g/mol. The van der Waals surface area contributed by atoms with Gasteiger partial charge in [0.05, 0.1) is 0 Å². The zero-order valence-electron chi connectivity index (χ0n) is 8.36. The van der Waals surface area contributed by atoms with Crippen LogP contribution in [0.1, 0.15) is 25.5 Å². The summed E-state index contributed by atoms with van der Waals surface area (Å²) < 4.78 is 2.07. The molecule has 0 aliphatic rings. The highest BCUT2D eigenvalue weighted by atomic mass is 15.1. The van der Waals surface area contributed by atoms with Gasteiger partial charge >= 0.3 is 0 Å². The molecule has 0 N–H and O–H groups in total. The summed E-state index contributed by atoms with van der Waals surface area (Å²) in [5, 5.41) is 0. The third-order valence-electron chi connectivity index (χ3n) is 1.89. The Morgan fingerprint density at radius 3 is 2.69 bits per heavy atom. The van der Waals surface area contributed by atoms with Crippen molar-refractivity contribution in [2.45, 2.75) is 19.9 Å². The van der Waals surface area contributed by atoms with E-state index >= 15 is 0 Å². The van der Waals surface area contributed by atoms with Gasteiger partial charge in [-0.1, -0.05) is 0 Å². The number of hydrogen-bond donors (Lipinski definition) is 0. The van der Waals surface area contributed by atoms with Crippen molar-refractivity contribution in [1.29, 1.82) is 0 Å². The minimum Gasteiger partial charge on any atom is -0.330 e. The number of aliphatic imine (C=N–C) groups is 2. The summed E-state index contributed by atoms with van der Waals surface area (Å²) in [6.45, 7) is 7.78. The molecule has 0 atom stereocenters. The van der Waals surface area contributed by atoms with Gasteiger partial charge in [-0.15, -0.1) is 0 Å². The number of nitrogens with zero attached hydrogens (tertiary/aromatic N) is 3. The second kappa shape index (κ2) is 4.03. The smallest absolute Gasteiger partial charge is 0.140 e. The predicted molar refractivity (Wildman–Crippen MR) is 57.5 cm³/mol. The Kier molecular flexibility index (Phi) is 3.01. The maximum atomic E-state index is 3.99. The first-order valence-electron chi connectivity index (χ1n) is 4.30. The van der Waals surface area contributed by atoms with Gasteiger partial charge in [0.2, 0.25) is 0 Å². The Morgan fingerprint density at radius 1 is 1.54 bits per heavy atom. The van der Waals surface area contributed by atoms with Gasteiger partial charge in [-0.2, -0.15) is 0 Å². The Hall–Kier alpha value is -1.38. The first kappa shape index (κ1) is 9.71. The standard InChI is InChI=1S/C10H15N3/c1-8(2)13-6-5-9(7-11-3)10(13)12-4/h5-8H,4H2,1-3H3. The average molecular weight is 177 g/mol. The molecule has 0 aliphatic carbocycles. The van der Waals surface area contributed by atoms with Gasteiger partial charge in [0.1, 0.15) is 5.82 Å². The van der Waals surface area contributed by atoms with Crippen molar-refractivity contribution in [3.05, 3.63) is 17.8 Å². The Labute approximate surface area is 78.8 Å². The lowest BCUT2D eigenvalue weighted by Gasteiger charge is -2.09. The molecule has 1 heterocycles. The minimum absolute atomic E-state index is 0.402. The molecule has 0 unspecified atom stereocenters. The van der Waals surface area contributed by atoms with Gasteiger partial charge in [0.15, 0.2) is 0 Å². The molecule has 70 valence electrons. The predicted octanol–water partition coefficient (Wildman–Crippen LogP) is 2.45. The number of hydrogen-bond acceptors (Lipinski definition) is 2. The molecule has 0 radical (unpaired) electrons. The van der Waals surface area contributed by atoms with Crippen molar-refractivity contribution in [1.82, 2.24) is 4.57 Å². The molecule has 0 saturated heterocycles. The van der Waals surface area contributed by atoms with Crippen LogP contribution >= 0.6 is 0 Å². The van der Waals surface area contributed by atoms with Crippen molar-refractivity contribution < 1.29 is 0 Å². The van der Waals surface area contributed by atoms with E-state index in [1.165, 1.54) is 0 Å². The Morgan fingerprint density at radius 2 is 2.23 bits per heavy atom. The summed E-state index contributed by atoms with van der Waals surface area (Å²) in [4.78, 5) is 7.95. The lowest BCUT2D eigenvalue weighted by Crippen LogP contribution is -1.97. The van der Waals surface area contributed by atoms with Gasteiger partial charge in [-0.25, -0.2) is 4.99 Å². The van der Waals surface area contributed by atoms with E-state index in [0.29, 0.717) is 6.04 Å². The summed E-state index contributed by atoms with van der Waals surface area (Å²) >= 11 is 0. The van der Waals surface area contributed by atoms with Crippen LogP contribution in [0, 0.1) is 0 Å². The molecule has 1 rings (SSSR count). The van der Waals surface area contributed by atoms with Crippen LogP contribution in [0.5, 0.6) is 0 Å². The zero-order valence-corrected chi connectivity index (χ0v) is 8.36. The topological polar surface area (TPSA) is 29.6 Å². The van der Waals surface area contributed by atoms with Gasteiger partial charge in [-0.3, -0.25) is 4.99 Å². The molecule has 1 aromatic heterocycles. The fraction of sp³-hybridized carbons (Fsp3) is 0.400. The van der Waals surface area contributed by atoms with E-state index in [4.69, 9.17) is 0 Å². The first-order valence-corrected chi connectivity index (χ1v) is 4.30. The molecule has 1 aromatic rings. The lowest BCUT2D eigenvalue weighted by atomic mass is 10.3. The Bertz CT molecular complexity index is 321. The van der Waals surface area contributed by atoms with Crippen LogP contribution in [0.4, 0.5) is 5.82 Å². The highest BCUT2D eigenvalue weighted by molar-refractivity contribution is 5.86. The minimum atomic E-state index is 0.402. The number of aromatic nitrogens is 1. The largest absolute Gasteiger partial charge is 0.330 e. The van der Waals surface area contributed by atoms with Crippen molar-refractivity contribution in [2.75, 3.05) is 7.05 Å². The molecule has 0 amide bonds. The Balaban J connectivity index is 3.17. The van der Waals surface area contributed by atoms with Crippen LogP contribution in [0.2, 0.25) is 0 Å². The molecule has 0 spiro atoms. The fourth-order valence-electron chi connectivity index (χ4n) is 1.28. The van der Waals surface area contributed by atoms with Crippen molar-refractivity contribution in [2.24, 2.45) is 9.98 Å². The third kappa shape index (κ3) is 1.86. The molecular formula is C10H15N3. The molecular weight excluding hydrogens is 162 g/mol. The van der Waals surface area contributed by atoms with E-state index < -0.39 is 0 Å². The summed E-state index contributed by atoms with van der Waals surface area (Å²) in [5.41, 5.74) is 1.02. The first-order chi connectivity index (χ1) is 6.20. The van der Waals surface area contributed by atoms with Gasteiger partial charge in [0.25, 0.3) is 0 Å². The van der Waals surface area contributed by atoms with Gasteiger partial charge in [0, 0.05) is 31.1 Å². The highest BCUT2D eigenvalue weighted by Gasteiger charge is 2.07. The second-order valence-corrected chi connectivity index (χ2v) is 3.14. The summed E-state index contributed by atoms with van der Waals surface area (Å²) in [7, 11) is 1.75. The van der Waals surface area contributed by atoms with E-state index in [0.717, 1.165) is 11.4 Å². The van der Waals surface area contributed by atoms with Crippen molar-refractivity contribution >= 4 is 18.7 Å². The third-order valence-corrected chi connectivity index (χ3v) is 1.89.